The molecule has 0 rings (SSSR count). The van der Waals surface area contributed by atoms with Crippen LogP contribution in [0.4, 0.5) is 0 Å². The Kier molecular flexibility index (Phi) is 4.96. The minimum atomic E-state index is -4.11. The summed E-state index contributed by atoms with van der Waals surface area (Å²) in [5, 5.41) is 0. The molecule has 0 aromatic rings. The molecule has 0 bridgehead atoms. The van der Waals surface area contributed by atoms with Crippen LogP contribution in [0.5, 0.6) is 0 Å². The van der Waals surface area contributed by atoms with Gasteiger partial charge in [0, 0.05) is 0 Å². The van der Waals surface area contributed by atoms with E-state index in [9.17, 15) is 0 Å². The molecule has 32 valence electrons. The minimum Gasteiger partial charge on any atom is -0.838 e. The predicted molar refractivity (Wildman–Crippen MR) is 21.9 cm³/mol. The normalized spacial score (nSPS) is 9.83. The monoisotopic (exact) mass is 136 g/mol. The summed E-state index contributed by atoms with van der Waals surface area (Å²) in [6.07, 6.45) is 0. The van der Waals surface area contributed by atoms with Crippen molar-refractivity contribution < 1.29 is 14.4 Å². The van der Waals surface area contributed by atoms with Crippen LogP contribution in [0.3, 0.4) is 0 Å². The Bertz CT molecular complexity index is 56.9. The zero-order chi connectivity index (χ0) is 4.50. The van der Waals surface area contributed by atoms with Crippen LogP contribution in [0, 0.1) is 0 Å². The smallest absolute Gasteiger partial charge is 0.838 e. The van der Waals surface area contributed by atoms with E-state index in [2.05, 4.69) is 0 Å². The van der Waals surface area contributed by atoms with Gasteiger partial charge in [0.15, 0.2) is 0 Å². The van der Waals surface area contributed by atoms with E-state index in [0.29, 0.717) is 9.91 Å². The first-order valence-corrected chi connectivity index (χ1v) is 4.49. The van der Waals surface area contributed by atoms with Crippen molar-refractivity contribution in [2.24, 2.45) is 0 Å². The van der Waals surface area contributed by atoms with Crippen molar-refractivity contribution in [1.82, 2.24) is 0 Å². The van der Waals surface area contributed by atoms with Crippen LogP contribution in [0.1, 0.15) is 0 Å². The van der Waals surface area contributed by atoms with Crippen molar-refractivity contribution in [3.63, 3.8) is 0 Å². The largest absolute Gasteiger partial charge is 3.00 e. The molecule has 0 radical (unpaired) electrons. The molecule has 6 heavy (non-hydrogen) atoms. The third-order valence-electron chi connectivity index (χ3n) is 0. The van der Waals surface area contributed by atoms with Gasteiger partial charge in [0.05, 0.1) is 0 Å². The van der Waals surface area contributed by atoms with E-state index in [0.717, 1.165) is 0 Å². The summed E-state index contributed by atoms with van der Waals surface area (Å²) in [6, 6.07) is 0. The van der Waals surface area contributed by atoms with Gasteiger partial charge >= 0.3 is 17.4 Å². The predicted octanol–water partition coefficient (Wildman–Crippen LogP) is -2.93. The second-order valence-corrected chi connectivity index (χ2v) is 4.16. The molecule has 0 saturated heterocycles. The summed E-state index contributed by atoms with van der Waals surface area (Å²) >= 11 is 0. The van der Waals surface area contributed by atoms with Crippen molar-refractivity contribution in [3.8, 4) is 0 Å². The molecular formula is H2AlO3PSi. The van der Waals surface area contributed by atoms with E-state index < -0.39 is 7.14 Å². The van der Waals surface area contributed by atoms with Gasteiger partial charge in [0.25, 0.3) is 0 Å². The topological polar surface area (TPSA) is 63.2 Å². The van der Waals surface area contributed by atoms with Crippen LogP contribution in [-0.2, 0) is 4.57 Å². The molecule has 0 aromatic heterocycles. The van der Waals surface area contributed by atoms with Crippen molar-refractivity contribution in [1.29, 1.82) is 0 Å². The second-order valence-electron chi connectivity index (χ2n) is 0.611. The molecular weight excluding hydrogens is 134 g/mol. The summed E-state index contributed by atoms with van der Waals surface area (Å²) in [6.45, 7) is 0. The molecule has 0 saturated carbocycles. The summed E-state index contributed by atoms with van der Waals surface area (Å²) in [5.74, 6) is 0. The molecule has 0 spiro atoms. The molecule has 0 amide bonds. The van der Waals surface area contributed by atoms with Gasteiger partial charge in [-0.1, -0.05) is 0 Å². The first kappa shape index (κ1) is 10.0. The average molecular weight is 136 g/mol. The van der Waals surface area contributed by atoms with Gasteiger partial charge in [-0.25, -0.2) is 7.14 Å². The number of rotatable bonds is 0. The SMILES string of the molecule is O=P([O-])([O-])[SiH2-].[Al+3]. The summed E-state index contributed by atoms with van der Waals surface area (Å²) in [4.78, 5) is 18.2. The maximum absolute atomic E-state index is 9.12. The zero-order valence-electron chi connectivity index (χ0n) is 2.96. The minimum absolute atomic E-state index is 0. The first-order valence-electron chi connectivity index (χ1n) is 0.864. The third-order valence-corrected chi connectivity index (χ3v) is 0. The van der Waals surface area contributed by atoms with Crippen LogP contribution in [0.2, 0.25) is 0 Å². The zero-order valence-corrected chi connectivity index (χ0v) is 6.42. The maximum Gasteiger partial charge on any atom is 3.00 e. The van der Waals surface area contributed by atoms with E-state index in [-0.39, 0.29) is 17.4 Å². The van der Waals surface area contributed by atoms with Crippen molar-refractivity contribution in [3.05, 3.63) is 0 Å². The summed E-state index contributed by atoms with van der Waals surface area (Å²) < 4.78 is 9.12. The van der Waals surface area contributed by atoms with Crippen LogP contribution < -0.4 is 9.79 Å². The van der Waals surface area contributed by atoms with Crippen molar-refractivity contribution in [2.45, 2.75) is 0 Å². The van der Waals surface area contributed by atoms with E-state index in [1.54, 1.807) is 0 Å². The van der Waals surface area contributed by atoms with Crippen LogP contribution in [-0.4, -0.2) is 27.3 Å². The maximum atomic E-state index is 9.12. The van der Waals surface area contributed by atoms with Crippen LogP contribution >= 0.6 is 7.14 Å². The Morgan fingerprint density at radius 1 is 1.50 bits per heavy atom. The molecule has 3 nitrogen and oxygen atoms in total. The molecule has 0 atom stereocenters. The number of hydrogen-bond donors (Lipinski definition) is 0. The molecule has 6 heteroatoms. The number of hydrogen-bond acceptors (Lipinski definition) is 3. The fraction of sp³-hybridized carbons (Fsp3) is 0. The van der Waals surface area contributed by atoms with Gasteiger partial charge in [-0.2, -0.15) is 0 Å². The van der Waals surface area contributed by atoms with Crippen LogP contribution in [0.15, 0.2) is 0 Å². The van der Waals surface area contributed by atoms with Gasteiger partial charge in [-0.15, -0.1) is 0 Å². The first-order chi connectivity index (χ1) is 2.00. The van der Waals surface area contributed by atoms with Gasteiger partial charge in [-0.05, 0) is 0 Å². The van der Waals surface area contributed by atoms with Gasteiger partial charge in [0.1, 0.15) is 0 Å². The van der Waals surface area contributed by atoms with Gasteiger partial charge in [-0.3, -0.25) is 9.91 Å². The molecule has 0 aliphatic heterocycles. The summed E-state index contributed by atoms with van der Waals surface area (Å²) in [5.41, 5.74) is 0. The molecule has 0 aliphatic rings. The Morgan fingerprint density at radius 3 is 1.50 bits per heavy atom. The molecule has 0 aliphatic carbocycles. The van der Waals surface area contributed by atoms with Gasteiger partial charge in [0.2, 0.25) is 0 Å². The van der Waals surface area contributed by atoms with Crippen molar-refractivity contribution in [2.75, 3.05) is 0 Å². The Morgan fingerprint density at radius 2 is 1.50 bits per heavy atom. The summed E-state index contributed by atoms with van der Waals surface area (Å²) in [7, 11) is -3.66. The van der Waals surface area contributed by atoms with E-state index in [4.69, 9.17) is 14.4 Å². The third kappa shape index (κ3) is 92.1. The molecule has 0 unspecified atom stereocenters. The molecule has 0 fully saturated rings. The van der Waals surface area contributed by atoms with Crippen molar-refractivity contribution >= 4 is 34.4 Å². The quantitative estimate of drug-likeness (QED) is 0.264. The average Bonchev–Trinajstić information content (AvgIpc) is 0.722. The molecule has 0 heterocycles. The second kappa shape index (κ2) is 2.97. The standard InChI is InChI=1S/Al.H4O3PSi/c;1-4(2,3)5/h;5H2,(H2,1,2,3)/q+3;-1/p-2. The Balaban J connectivity index is 0. The van der Waals surface area contributed by atoms with E-state index in [1.807, 2.05) is 0 Å². The van der Waals surface area contributed by atoms with E-state index >= 15 is 0 Å². The van der Waals surface area contributed by atoms with Gasteiger partial charge < -0.3 is 14.4 Å². The fourth-order valence-corrected chi connectivity index (χ4v) is 0. The fourth-order valence-electron chi connectivity index (χ4n) is 0. The molecule has 0 N–H and O–H groups in total. The molecule has 0 aromatic carbocycles. The van der Waals surface area contributed by atoms with E-state index in [1.165, 1.54) is 0 Å². The van der Waals surface area contributed by atoms with Crippen LogP contribution in [0.25, 0.3) is 0 Å². The Hall–Kier alpha value is 0.899. The Labute approximate surface area is 49.3 Å².